The number of aryl methyl sites for hydroxylation is 2. The SMILES string of the molecule is Cc1cc(-c2nnnn2C)cc(NN)n1. The number of nitrogens with zero attached hydrogens (tertiary/aromatic N) is 5. The number of anilines is 1. The molecule has 0 saturated heterocycles. The summed E-state index contributed by atoms with van der Waals surface area (Å²) >= 11 is 0. The van der Waals surface area contributed by atoms with Gasteiger partial charge in [-0.1, -0.05) is 0 Å². The van der Waals surface area contributed by atoms with Gasteiger partial charge in [0, 0.05) is 18.3 Å². The normalized spacial score (nSPS) is 10.3. The van der Waals surface area contributed by atoms with Crippen molar-refractivity contribution in [3.05, 3.63) is 17.8 Å². The molecule has 0 amide bonds. The van der Waals surface area contributed by atoms with Gasteiger partial charge in [0.25, 0.3) is 0 Å². The van der Waals surface area contributed by atoms with Crippen molar-refractivity contribution in [3.63, 3.8) is 0 Å². The van der Waals surface area contributed by atoms with E-state index in [1.54, 1.807) is 17.8 Å². The van der Waals surface area contributed by atoms with Gasteiger partial charge in [-0.15, -0.1) is 5.10 Å². The summed E-state index contributed by atoms with van der Waals surface area (Å²) in [5, 5.41) is 11.2. The molecule has 7 nitrogen and oxygen atoms in total. The molecule has 3 N–H and O–H groups in total. The number of pyridine rings is 1. The summed E-state index contributed by atoms with van der Waals surface area (Å²) in [6.45, 7) is 1.88. The Morgan fingerprint density at radius 2 is 2.20 bits per heavy atom. The van der Waals surface area contributed by atoms with Crippen molar-refractivity contribution < 1.29 is 0 Å². The first-order chi connectivity index (χ1) is 7.20. The number of hydrogen-bond donors (Lipinski definition) is 2. The van der Waals surface area contributed by atoms with Crippen molar-refractivity contribution in [2.45, 2.75) is 6.92 Å². The number of nitrogen functional groups attached to an aromatic ring is 1. The third-order valence-corrected chi connectivity index (χ3v) is 1.98. The van der Waals surface area contributed by atoms with Crippen LogP contribution in [0.2, 0.25) is 0 Å². The molecule has 2 aromatic rings. The highest BCUT2D eigenvalue weighted by Gasteiger charge is 2.07. The second kappa shape index (κ2) is 3.62. The maximum absolute atomic E-state index is 5.31. The molecule has 0 saturated carbocycles. The Morgan fingerprint density at radius 1 is 1.40 bits per heavy atom. The Labute approximate surface area is 86.3 Å². The Morgan fingerprint density at radius 3 is 2.80 bits per heavy atom. The summed E-state index contributed by atoms with van der Waals surface area (Å²) in [5.74, 6) is 6.58. The molecule has 78 valence electrons. The van der Waals surface area contributed by atoms with E-state index < -0.39 is 0 Å². The lowest BCUT2D eigenvalue weighted by atomic mass is 10.2. The molecule has 0 aromatic carbocycles. The van der Waals surface area contributed by atoms with Crippen LogP contribution in [0.3, 0.4) is 0 Å². The summed E-state index contributed by atoms with van der Waals surface area (Å²) in [6, 6.07) is 3.69. The lowest BCUT2D eigenvalue weighted by Crippen LogP contribution is -2.09. The molecule has 0 spiro atoms. The second-order valence-corrected chi connectivity index (χ2v) is 3.15. The van der Waals surface area contributed by atoms with Crippen LogP contribution in [-0.2, 0) is 7.05 Å². The van der Waals surface area contributed by atoms with Crippen LogP contribution in [0.15, 0.2) is 12.1 Å². The highest BCUT2D eigenvalue weighted by atomic mass is 15.5. The van der Waals surface area contributed by atoms with Gasteiger partial charge in [-0.25, -0.2) is 15.5 Å². The van der Waals surface area contributed by atoms with E-state index >= 15 is 0 Å². The average molecular weight is 205 g/mol. The van der Waals surface area contributed by atoms with Crippen LogP contribution in [0.25, 0.3) is 11.4 Å². The Balaban J connectivity index is 2.53. The minimum absolute atomic E-state index is 0.591. The molecular weight excluding hydrogens is 194 g/mol. The van der Waals surface area contributed by atoms with Crippen LogP contribution >= 0.6 is 0 Å². The van der Waals surface area contributed by atoms with Crippen molar-refractivity contribution >= 4 is 5.82 Å². The molecule has 2 aromatic heterocycles. The zero-order chi connectivity index (χ0) is 10.8. The van der Waals surface area contributed by atoms with Gasteiger partial charge in [-0.3, -0.25) is 0 Å². The zero-order valence-corrected chi connectivity index (χ0v) is 8.47. The molecule has 2 rings (SSSR count). The van der Waals surface area contributed by atoms with E-state index in [-0.39, 0.29) is 0 Å². The van der Waals surface area contributed by atoms with Crippen LogP contribution < -0.4 is 11.3 Å². The lowest BCUT2D eigenvalue weighted by Gasteiger charge is -2.04. The summed E-state index contributed by atoms with van der Waals surface area (Å²) < 4.78 is 1.59. The monoisotopic (exact) mass is 205 g/mol. The van der Waals surface area contributed by atoms with Crippen molar-refractivity contribution in [2.24, 2.45) is 12.9 Å². The van der Waals surface area contributed by atoms with Gasteiger partial charge in [0.1, 0.15) is 5.82 Å². The highest BCUT2D eigenvalue weighted by molar-refractivity contribution is 5.60. The molecule has 0 aliphatic rings. The fourth-order valence-electron chi connectivity index (χ4n) is 1.35. The number of hydrogen-bond acceptors (Lipinski definition) is 6. The van der Waals surface area contributed by atoms with Crippen LogP contribution in [0.4, 0.5) is 5.82 Å². The molecular formula is C8H11N7. The van der Waals surface area contributed by atoms with Gasteiger partial charge >= 0.3 is 0 Å². The second-order valence-electron chi connectivity index (χ2n) is 3.15. The average Bonchev–Trinajstić information content (AvgIpc) is 2.63. The van der Waals surface area contributed by atoms with Crippen LogP contribution in [-0.4, -0.2) is 25.2 Å². The summed E-state index contributed by atoms with van der Waals surface area (Å²) in [6.07, 6.45) is 0. The molecule has 0 radical (unpaired) electrons. The standard InChI is InChI=1S/C8H11N7/c1-5-3-6(4-7(10-5)11-9)8-12-13-14-15(8)2/h3-4H,9H2,1-2H3,(H,10,11). The van der Waals surface area contributed by atoms with E-state index in [0.29, 0.717) is 11.6 Å². The number of rotatable bonds is 2. The molecule has 2 heterocycles. The molecule has 0 fully saturated rings. The predicted molar refractivity (Wildman–Crippen MR) is 54.6 cm³/mol. The highest BCUT2D eigenvalue weighted by Crippen LogP contribution is 2.18. The van der Waals surface area contributed by atoms with Gasteiger partial charge in [0.05, 0.1) is 0 Å². The molecule has 0 aliphatic carbocycles. The van der Waals surface area contributed by atoms with Gasteiger partial charge < -0.3 is 5.43 Å². The molecule has 0 atom stereocenters. The van der Waals surface area contributed by atoms with Crippen molar-refractivity contribution in [1.29, 1.82) is 0 Å². The largest absolute Gasteiger partial charge is 0.308 e. The van der Waals surface area contributed by atoms with E-state index in [1.165, 1.54) is 0 Å². The molecule has 15 heavy (non-hydrogen) atoms. The summed E-state index contributed by atoms with van der Waals surface area (Å²) in [4.78, 5) is 4.18. The van der Waals surface area contributed by atoms with Crippen LogP contribution in [0.5, 0.6) is 0 Å². The summed E-state index contributed by atoms with van der Waals surface area (Å²) in [5.41, 5.74) is 4.23. The quantitative estimate of drug-likeness (QED) is 0.523. The fraction of sp³-hybridized carbons (Fsp3) is 0.250. The number of hydrazine groups is 1. The van der Waals surface area contributed by atoms with Crippen LogP contribution in [0, 0.1) is 6.92 Å². The van der Waals surface area contributed by atoms with Gasteiger partial charge in [-0.2, -0.15) is 0 Å². The number of tetrazole rings is 1. The number of nitrogens with one attached hydrogen (secondary N) is 1. The third kappa shape index (κ3) is 1.77. The third-order valence-electron chi connectivity index (χ3n) is 1.98. The zero-order valence-electron chi connectivity index (χ0n) is 8.47. The first-order valence-corrected chi connectivity index (χ1v) is 4.39. The Kier molecular flexibility index (Phi) is 2.30. The molecule has 0 bridgehead atoms. The molecule has 7 heteroatoms. The van der Waals surface area contributed by atoms with Gasteiger partial charge in [0.15, 0.2) is 5.82 Å². The van der Waals surface area contributed by atoms with Gasteiger partial charge in [0.2, 0.25) is 0 Å². The van der Waals surface area contributed by atoms with E-state index in [9.17, 15) is 0 Å². The van der Waals surface area contributed by atoms with Crippen LogP contribution in [0.1, 0.15) is 5.69 Å². The van der Waals surface area contributed by atoms with E-state index in [2.05, 4.69) is 25.9 Å². The maximum atomic E-state index is 5.31. The number of aromatic nitrogens is 5. The van der Waals surface area contributed by atoms with Crippen molar-refractivity contribution in [3.8, 4) is 11.4 Å². The fourth-order valence-corrected chi connectivity index (χ4v) is 1.35. The first-order valence-electron chi connectivity index (χ1n) is 4.39. The predicted octanol–water partition coefficient (Wildman–Crippen LogP) is -0.134. The number of nitrogens with two attached hydrogens (primary N) is 1. The van der Waals surface area contributed by atoms with Crippen molar-refractivity contribution in [1.82, 2.24) is 25.2 Å². The Hall–Kier alpha value is -2.02. The topological polar surface area (TPSA) is 94.5 Å². The van der Waals surface area contributed by atoms with E-state index in [4.69, 9.17) is 5.84 Å². The molecule has 0 unspecified atom stereocenters. The smallest absolute Gasteiger partial charge is 0.181 e. The van der Waals surface area contributed by atoms with Crippen molar-refractivity contribution in [2.75, 3.05) is 5.43 Å². The minimum Gasteiger partial charge on any atom is -0.308 e. The molecule has 0 aliphatic heterocycles. The van der Waals surface area contributed by atoms with Gasteiger partial charge in [-0.05, 0) is 29.5 Å². The Bertz CT molecular complexity index is 476. The first kappa shape index (κ1) is 9.53. The maximum Gasteiger partial charge on any atom is 0.181 e. The lowest BCUT2D eigenvalue weighted by molar-refractivity contribution is 0.714. The van der Waals surface area contributed by atoms with E-state index in [1.807, 2.05) is 13.0 Å². The van der Waals surface area contributed by atoms with E-state index in [0.717, 1.165) is 11.3 Å². The summed E-state index contributed by atoms with van der Waals surface area (Å²) in [7, 11) is 1.78. The minimum atomic E-state index is 0.591.